The van der Waals surface area contributed by atoms with Gasteiger partial charge < -0.3 is 24.6 Å². The van der Waals surface area contributed by atoms with Gasteiger partial charge in [-0.1, -0.05) is 42.5 Å². The maximum absolute atomic E-state index is 13.4. The van der Waals surface area contributed by atoms with Crippen LogP contribution in [0.3, 0.4) is 0 Å². The van der Waals surface area contributed by atoms with Gasteiger partial charge in [0.25, 0.3) is 0 Å². The first-order valence-electron chi connectivity index (χ1n) is 13.6. The topological polar surface area (TPSA) is 71.1 Å². The number of carbonyl (C=O) groups excluding carboxylic acids is 2. The summed E-state index contributed by atoms with van der Waals surface area (Å²) in [6.07, 6.45) is 4.42. The molecule has 0 aromatic heterocycles. The average Bonchev–Trinajstić information content (AvgIpc) is 3.58. The van der Waals surface area contributed by atoms with Crippen LogP contribution in [-0.4, -0.2) is 68.1 Å². The van der Waals surface area contributed by atoms with E-state index in [1.165, 1.54) is 0 Å². The van der Waals surface area contributed by atoms with Crippen molar-refractivity contribution in [1.29, 1.82) is 0 Å². The Morgan fingerprint density at radius 3 is 2.45 bits per heavy atom. The van der Waals surface area contributed by atoms with Crippen LogP contribution < -0.4 is 10.1 Å². The molecule has 5 rings (SSSR count). The minimum atomic E-state index is -0.210. The van der Waals surface area contributed by atoms with Crippen molar-refractivity contribution >= 4 is 24.2 Å². The van der Waals surface area contributed by atoms with Gasteiger partial charge in [-0.25, -0.2) is 0 Å². The fraction of sp³-hybridized carbons (Fsp3) is 0.533. The Morgan fingerprint density at radius 1 is 1.08 bits per heavy atom. The number of ether oxygens (including phenoxy) is 2. The molecule has 2 atom stereocenters. The van der Waals surface area contributed by atoms with Gasteiger partial charge in [0.05, 0.1) is 31.1 Å². The summed E-state index contributed by atoms with van der Waals surface area (Å²) in [5.74, 6) is 1.20. The van der Waals surface area contributed by atoms with Crippen LogP contribution >= 0.6 is 12.4 Å². The Balaban J connectivity index is 0.00000336. The lowest BCUT2D eigenvalue weighted by atomic mass is 9.77. The van der Waals surface area contributed by atoms with E-state index in [0.29, 0.717) is 25.7 Å². The normalized spacial score (nSPS) is 21.8. The van der Waals surface area contributed by atoms with Gasteiger partial charge in [0.2, 0.25) is 11.8 Å². The molecule has 3 aliphatic rings. The molecule has 206 valence electrons. The zero-order chi connectivity index (χ0) is 25.7. The monoisotopic (exact) mass is 541 g/mol. The third-order valence-corrected chi connectivity index (χ3v) is 8.50. The molecule has 3 heterocycles. The van der Waals surface area contributed by atoms with Crippen molar-refractivity contribution in [1.82, 2.24) is 15.1 Å². The molecule has 7 nitrogen and oxygen atoms in total. The number of nitrogens with one attached hydrogen (secondary N) is 1. The molecular formula is C30H40ClN3O4. The van der Waals surface area contributed by atoms with Crippen LogP contribution in [-0.2, 0) is 20.9 Å². The maximum atomic E-state index is 13.4. The van der Waals surface area contributed by atoms with Crippen molar-refractivity contribution in [2.24, 2.45) is 11.3 Å². The summed E-state index contributed by atoms with van der Waals surface area (Å²) < 4.78 is 10.7. The van der Waals surface area contributed by atoms with E-state index in [9.17, 15) is 9.59 Å². The molecule has 2 aromatic carbocycles. The van der Waals surface area contributed by atoms with Gasteiger partial charge in [-0.3, -0.25) is 9.59 Å². The molecule has 3 saturated heterocycles. The molecule has 0 aliphatic carbocycles. The zero-order valence-electron chi connectivity index (χ0n) is 22.3. The first-order valence-corrected chi connectivity index (χ1v) is 13.6. The summed E-state index contributed by atoms with van der Waals surface area (Å²) in [5, 5.41) is 3.29. The number of hydrogen-bond donors (Lipinski definition) is 1. The quantitative estimate of drug-likeness (QED) is 0.515. The number of benzene rings is 2. The number of hydrogen-bond acceptors (Lipinski definition) is 5. The molecule has 1 spiro atoms. The second kappa shape index (κ2) is 13.0. The largest absolute Gasteiger partial charge is 0.497 e. The van der Waals surface area contributed by atoms with Crippen LogP contribution in [0.1, 0.15) is 49.3 Å². The summed E-state index contributed by atoms with van der Waals surface area (Å²) >= 11 is 0. The summed E-state index contributed by atoms with van der Waals surface area (Å²) in [6, 6.07) is 18.2. The second-order valence-electron chi connectivity index (χ2n) is 10.8. The number of amides is 2. The number of halogens is 1. The van der Waals surface area contributed by atoms with Crippen molar-refractivity contribution in [2.45, 2.75) is 44.7 Å². The first-order chi connectivity index (χ1) is 18.1. The number of nitrogens with zero attached hydrogens (tertiary/aromatic N) is 2. The fourth-order valence-electron chi connectivity index (χ4n) is 6.01. The highest BCUT2D eigenvalue weighted by Crippen LogP contribution is 2.42. The van der Waals surface area contributed by atoms with Crippen LogP contribution in [0.25, 0.3) is 0 Å². The molecule has 2 aromatic rings. The minimum absolute atomic E-state index is 0. The van der Waals surface area contributed by atoms with Crippen molar-refractivity contribution in [3.8, 4) is 5.75 Å². The molecule has 0 bridgehead atoms. The van der Waals surface area contributed by atoms with Gasteiger partial charge >= 0.3 is 0 Å². The van der Waals surface area contributed by atoms with E-state index in [1.54, 1.807) is 7.11 Å². The highest BCUT2D eigenvalue weighted by atomic mass is 35.5. The van der Waals surface area contributed by atoms with Crippen molar-refractivity contribution in [3.05, 3.63) is 65.7 Å². The predicted molar refractivity (Wildman–Crippen MR) is 149 cm³/mol. The van der Waals surface area contributed by atoms with Crippen LogP contribution in [0.2, 0.25) is 0 Å². The Kier molecular flexibility index (Phi) is 9.69. The Bertz CT molecular complexity index is 1050. The molecular weight excluding hydrogens is 502 g/mol. The van der Waals surface area contributed by atoms with Crippen LogP contribution in [0.5, 0.6) is 5.75 Å². The van der Waals surface area contributed by atoms with E-state index >= 15 is 0 Å². The predicted octanol–water partition coefficient (Wildman–Crippen LogP) is 4.22. The lowest BCUT2D eigenvalue weighted by Crippen LogP contribution is -2.45. The van der Waals surface area contributed by atoms with Crippen LogP contribution in [0, 0.1) is 11.3 Å². The number of piperidine rings is 1. The number of likely N-dealkylation sites (tertiary alicyclic amines) is 2. The van der Waals surface area contributed by atoms with E-state index in [-0.39, 0.29) is 35.7 Å². The summed E-state index contributed by atoms with van der Waals surface area (Å²) in [6.45, 7) is 5.43. The summed E-state index contributed by atoms with van der Waals surface area (Å²) in [5.41, 5.74) is 2.07. The van der Waals surface area contributed by atoms with Gasteiger partial charge in [0, 0.05) is 26.2 Å². The molecule has 3 fully saturated rings. The smallest absolute Gasteiger partial charge is 0.229 e. The first kappa shape index (κ1) is 28.4. The molecule has 0 radical (unpaired) electrons. The van der Waals surface area contributed by atoms with Crippen LogP contribution in [0.15, 0.2) is 54.6 Å². The van der Waals surface area contributed by atoms with E-state index in [0.717, 1.165) is 75.2 Å². The molecule has 3 aliphatic heterocycles. The maximum Gasteiger partial charge on any atom is 0.229 e. The molecule has 8 heteroatoms. The highest BCUT2D eigenvalue weighted by Gasteiger charge is 2.47. The third kappa shape index (κ3) is 6.50. The van der Waals surface area contributed by atoms with Gasteiger partial charge in [-0.15, -0.1) is 12.4 Å². The van der Waals surface area contributed by atoms with Crippen molar-refractivity contribution in [2.75, 3.05) is 46.5 Å². The standard InChI is InChI=1S/C30H39N3O4.ClH/c1-36-26-9-7-23(8-10-26)21-33-19-15-30(29(33)35)13-17-32(18-14-30)16-11-27(24-5-3-2-4-6-24)31-28(34)25-12-20-37-22-25;/h2-10,25,27H,11-22H2,1H3,(H,31,34);1H/t25?,27-;/m0./s1. The van der Waals surface area contributed by atoms with E-state index < -0.39 is 0 Å². The van der Waals surface area contributed by atoms with Gasteiger partial charge in [0.1, 0.15) is 5.75 Å². The van der Waals surface area contributed by atoms with Gasteiger partial charge in [-0.05, 0) is 68.5 Å². The minimum Gasteiger partial charge on any atom is -0.497 e. The van der Waals surface area contributed by atoms with Crippen molar-refractivity contribution < 1.29 is 19.1 Å². The van der Waals surface area contributed by atoms with E-state index in [2.05, 4.69) is 22.3 Å². The number of methoxy groups -OCH3 is 1. The van der Waals surface area contributed by atoms with Gasteiger partial charge in [-0.2, -0.15) is 0 Å². The Hall–Kier alpha value is -2.61. The molecule has 1 unspecified atom stereocenters. The Morgan fingerprint density at radius 2 is 1.79 bits per heavy atom. The summed E-state index contributed by atoms with van der Waals surface area (Å²) in [4.78, 5) is 30.8. The van der Waals surface area contributed by atoms with E-state index in [4.69, 9.17) is 9.47 Å². The summed E-state index contributed by atoms with van der Waals surface area (Å²) in [7, 11) is 1.67. The average molecular weight is 542 g/mol. The zero-order valence-corrected chi connectivity index (χ0v) is 23.1. The third-order valence-electron chi connectivity index (χ3n) is 8.50. The lowest BCUT2D eigenvalue weighted by Gasteiger charge is -2.38. The second-order valence-corrected chi connectivity index (χ2v) is 10.8. The lowest BCUT2D eigenvalue weighted by molar-refractivity contribution is -0.139. The number of rotatable bonds is 9. The fourth-order valence-corrected chi connectivity index (χ4v) is 6.01. The Labute approximate surface area is 232 Å². The molecule has 1 N–H and O–H groups in total. The van der Waals surface area contributed by atoms with Crippen molar-refractivity contribution in [3.63, 3.8) is 0 Å². The van der Waals surface area contributed by atoms with Crippen LogP contribution in [0.4, 0.5) is 0 Å². The highest BCUT2D eigenvalue weighted by molar-refractivity contribution is 5.85. The van der Waals surface area contributed by atoms with E-state index in [1.807, 2.05) is 47.4 Å². The van der Waals surface area contributed by atoms with Gasteiger partial charge in [0.15, 0.2) is 0 Å². The molecule has 38 heavy (non-hydrogen) atoms. The SMILES string of the molecule is COc1ccc(CN2CCC3(CCN(CC[C@H](NC(=O)C4CCOC4)c4ccccc4)CC3)C2=O)cc1.Cl. The molecule has 2 amide bonds. The molecule has 0 saturated carbocycles. The number of carbonyl (C=O) groups is 2.